The molecule has 0 fully saturated rings. The maximum absolute atomic E-state index is 11.5. The van der Waals surface area contributed by atoms with E-state index in [2.05, 4.69) is 19.1 Å². The second kappa shape index (κ2) is 21.3. The SMILES string of the molecule is CCCCCCCC/C=C\CCCCCCC(O)C(=O)OCCCS(=O)(=O)[O-].[Na+]. The van der Waals surface area contributed by atoms with Crippen molar-refractivity contribution >= 4 is 16.1 Å². The van der Waals surface area contributed by atoms with Crippen molar-refractivity contribution in [3.8, 4) is 0 Å². The number of hydrogen-bond acceptors (Lipinski definition) is 6. The Morgan fingerprint density at radius 3 is 2.00 bits per heavy atom. The molecule has 0 aliphatic carbocycles. The summed E-state index contributed by atoms with van der Waals surface area (Å²) in [5.74, 6) is -1.31. The minimum atomic E-state index is -4.29. The van der Waals surface area contributed by atoms with Gasteiger partial charge in [-0.05, 0) is 38.5 Å². The van der Waals surface area contributed by atoms with Crippen molar-refractivity contribution in [2.75, 3.05) is 12.4 Å². The van der Waals surface area contributed by atoms with Crippen LogP contribution in [0.4, 0.5) is 0 Å². The van der Waals surface area contributed by atoms with Crippen molar-refractivity contribution in [3.05, 3.63) is 12.2 Å². The Kier molecular flexibility index (Phi) is 23.0. The van der Waals surface area contributed by atoms with E-state index in [-0.39, 0.29) is 42.6 Å². The van der Waals surface area contributed by atoms with E-state index >= 15 is 0 Å². The molecule has 0 aliphatic rings. The summed E-state index contributed by atoms with van der Waals surface area (Å²) in [5, 5.41) is 9.70. The molecule has 0 aromatic heterocycles. The largest absolute Gasteiger partial charge is 1.00 e. The Morgan fingerprint density at radius 1 is 0.931 bits per heavy atom. The van der Waals surface area contributed by atoms with Crippen molar-refractivity contribution in [3.63, 3.8) is 0 Å². The summed E-state index contributed by atoms with van der Waals surface area (Å²) in [7, 11) is -4.29. The van der Waals surface area contributed by atoms with E-state index in [0.29, 0.717) is 6.42 Å². The molecular formula is C21H39NaO6S. The van der Waals surface area contributed by atoms with E-state index in [1.165, 1.54) is 44.9 Å². The maximum atomic E-state index is 11.5. The third kappa shape index (κ3) is 24.2. The van der Waals surface area contributed by atoms with Crippen LogP contribution in [0.15, 0.2) is 12.2 Å². The molecule has 0 spiro atoms. The number of allylic oxidation sites excluding steroid dienone is 2. The number of aliphatic hydroxyl groups excluding tert-OH is 1. The molecule has 0 heterocycles. The zero-order valence-electron chi connectivity index (χ0n) is 18.4. The molecule has 0 aliphatic heterocycles. The standard InChI is InChI=1S/C21H40O6S.Na/c1-2-3-4-5-6-7-8-9-10-11-12-13-14-15-17-20(22)21(23)27-18-16-19-28(24,25)26;/h9-10,20,22H,2-8,11-19H2,1H3,(H,24,25,26);/q;+1/p-1/b10-9-;. The minimum absolute atomic E-state index is 0. The van der Waals surface area contributed by atoms with Crippen LogP contribution in [0.25, 0.3) is 0 Å². The average molecular weight is 443 g/mol. The fourth-order valence-electron chi connectivity index (χ4n) is 2.85. The molecule has 0 saturated carbocycles. The first-order chi connectivity index (χ1) is 13.4. The van der Waals surface area contributed by atoms with Crippen LogP contribution in [-0.4, -0.2) is 42.5 Å². The molecular weight excluding hydrogens is 403 g/mol. The smallest absolute Gasteiger partial charge is 0.748 e. The van der Waals surface area contributed by atoms with Gasteiger partial charge in [0.1, 0.15) is 0 Å². The molecule has 0 aromatic rings. The van der Waals surface area contributed by atoms with E-state index < -0.39 is 27.9 Å². The van der Waals surface area contributed by atoms with Gasteiger partial charge in [0.05, 0.1) is 16.7 Å². The summed E-state index contributed by atoms with van der Waals surface area (Å²) >= 11 is 0. The third-order valence-electron chi connectivity index (χ3n) is 4.54. The zero-order chi connectivity index (χ0) is 21.1. The summed E-state index contributed by atoms with van der Waals surface area (Å²) in [6.45, 7) is 2.07. The Morgan fingerprint density at radius 2 is 1.45 bits per heavy atom. The van der Waals surface area contributed by atoms with E-state index in [0.717, 1.165) is 32.1 Å². The molecule has 0 rings (SSSR count). The molecule has 0 saturated heterocycles. The van der Waals surface area contributed by atoms with Crippen LogP contribution in [0.1, 0.15) is 96.8 Å². The van der Waals surface area contributed by atoms with Crippen LogP contribution in [0, 0.1) is 0 Å². The number of ether oxygens (including phenoxy) is 1. The monoisotopic (exact) mass is 442 g/mol. The second-order valence-electron chi connectivity index (χ2n) is 7.32. The fourth-order valence-corrected chi connectivity index (χ4v) is 3.33. The van der Waals surface area contributed by atoms with Gasteiger partial charge in [-0.15, -0.1) is 0 Å². The molecule has 166 valence electrons. The van der Waals surface area contributed by atoms with Gasteiger partial charge in [0.2, 0.25) is 0 Å². The van der Waals surface area contributed by atoms with Crippen LogP contribution in [0.3, 0.4) is 0 Å². The molecule has 6 nitrogen and oxygen atoms in total. The topological polar surface area (TPSA) is 104 Å². The maximum Gasteiger partial charge on any atom is 1.00 e. The van der Waals surface area contributed by atoms with Gasteiger partial charge in [-0.1, -0.05) is 70.4 Å². The van der Waals surface area contributed by atoms with Crippen molar-refractivity contribution < 1.29 is 57.2 Å². The average Bonchev–Trinajstić information content (AvgIpc) is 2.64. The predicted molar refractivity (Wildman–Crippen MR) is 111 cm³/mol. The van der Waals surface area contributed by atoms with Crippen molar-refractivity contribution in [2.24, 2.45) is 0 Å². The molecule has 0 bridgehead atoms. The molecule has 29 heavy (non-hydrogen) atoms. The van der Waals surface area contributed by atoms with Gasteiger partial charge in [0, 0.05) is 5.75 Å². The number of aliphatic hydroxyl groups is 1. The zero-order valence-corrected chi connectivity index (χ0v) is 21.3. The number of unbranched alkanes of at least 4 members (excludes halogenated alkanes) is 10. The Balaban J connectivity index is 0. The number of carbonyl (C=O) groups is 1. The molecule has 1 unspecified atom stereocenters. The Hall–Kier alpha value is 0.0800. The number of esters is 1. The summed E-state index contributed by atoms with van der Waals surface area (Å²) in [4.78, 5) is 11.5. The second-order valence-corrected chi connectivity index (χ2v) is 8.84. The van der Waals surface area contributed by atoms with Crippen LogP contribution in [0.2, 0.25) is 0 Å². The number of rotatable bonds is 19. The molecule has 0 aromatic carbocycles. The van der Waals surface area contributed by atoms with Crippen LogP contribution < -0.4 is 29.6 Å². The van der Waals surface area contributed by atoms with Gasteiger partial charge in [0.15, 0.2) is 6.10 Å². The molecule has 8 heteroatoms. The summed E-state index contributed by atoms with van der Waals surface area (Å²) < 4.78 is 36.0. The van der Waals surface area contributed by atoms with Crippen LogP contribution in [0.5, 0.6) is 0 Å². The van der Waals surface area contributed by atoms with E-state index in [9.17, 15) is 22.9 Å². The Labute approximate surface area is 199 Å². The molecule has 0 amide bonds. The summed E-state index contributed by atoms with van der Waals surface area (Å²) in [6, 6.07) is 0. The predicted octanol–water partition coefficient (Wildman–Crippen LogP) is 1.48. The van der Waals surface area contributed by atoms with Gasteiger partial charge in [-0.2, -0.15) is 0 Å². The van der Waals surface area contributed by atoms with E-state index in [1.54, 1.807) is 0 Å². The summed E-state index contributed by atoms with van der Waals surface area (Å²) in [5.41, 5.74) is 0. The van der Waals surface area contributed by atoms with Crippen molar-refractivity contribution in [1.82, 2.24) is 0 Å². The van der Waals surface area contributed by atoms with Crippen molar-refractivity contribution in [1.29, 1.82) is 0 Å². The van der Waals surface area contributed by atoms with Crippen molar-refractivity contribution in [2.45, 2.75) is 103 Å². The van der Waals surface area contributed by atoms with E-state index in [1.807, 2.05) is 0 Å². The molecule has 0 radical (unpaired) electrons. The van der Waals surface area contributed by atoms with E-state index in [4.69, 9.17) is 4.74 Å². The molecule has 1 N–H and O–H groups in total. The van der Waals surface area contributed by atoms with Crippen LogP contribution in [-0.2, 0) is 19.6 Å². The van der Waals surface area contributed by atoms with Gasteiger partial charge in [-0.3, -0.25) is 0 Å². The first-order valence-electron chi connectivity index (χ1n) is 10.8. The van der Waals surface area contributed by atoms with Gasteiger partial charge < -0.3 is 14.4 Å². The fraction of sp³-hybridized carbons (Fsp3) is 0.857. The van der Waals surface area contributed by atoms with Gasteiger partial charge >= 0.3 is 35.5 Å². The number of hydrogen-bond donors (Lipinski definition) is 1. The van der Waals surface area contributed by atoms with Gasteiger partial charge in [0.25, 0.3) is 0 Å². The first-order valence-corrected chi connectivity index (χ1v) is 12.4. The number of carbonyl (C=O) groups excluding carboxylic acids is 1. The quantitative estimate of drug-likeness (QED) is 0.107. The van der Waals surface area contributed by atoms with Crippen LogP contribution >= 0.6 is 0 Å². The third-order valence-corrected chi connectivity index (χ3v) is 5.33. The summed E-state index contributed by atoms with van der Waals surface area (Å²) in [6.07, 6.45) is 17.7. The molecule has 1 atom stereocenters. The normalized spacial score (nSPS) is 12.7. The Bertz CT molecular complexity index is 507. The van der Waals surface area contributed by atoms with Gasteiger partial charge in [-0.25, -0.2) is 13.2 Å². The minimum Gasteiger partial charge on any atom is -0.748 e. The first kappa shape index (κ1) is 31.3.